The second-order valence-electron chi connectivity index (χ2n) is 7.40. The van der Waals surface area contributed by atoms with Gasteiger partial charge in [0.1, 0.15) is 5.82 Å². The second kappa shape index (κ2) is 7.50. The first-order valence-electron chi connectivity index (χ1n) is 9.80. The minimum atomic E-state index is -0.337. The molecule has 0 unspecified atom stereocenters. The molecular formula is C22H20ClFN4S. The van der Waals surface area contributed by atoms with Crippen molar-refractivity contribution in [1.82, 2.24) is 15.2 Å². The molecule has 5 rings (SSSR count). The molecule has 0 spiro atoms. The molecule has 1 aliphatic carbocycles. The monoisotopic (exact) mass is 426 g/mol. The molecule has 0 aliphatic heterocycles. The van der Waals surface area contributed by atoms with Crippen LogP contribution in [0.4, 0.5) is 10.1 Å². The normalized spacial score (nSPS) is 14.0. The maximum absolute atomic E-state index is 14.7. The lowest BCUT2D eigenvalue weighted by Gasteiger charge is -2.13. The van der Waals surface area contributed by atoms with Crippen molar-refractivity contribution in [3.8, 4) is 11.1 Å². The minimum absolute atomic E-state index is 0.337. The van der Waals surface area contributed by atoms with E-state index in [2.05, 4.69) is 26.8 Å². The van der Waals surface area contributed by atoms with Crippen LogP contribution in [0.2, 0.25) is 5.02 Å². The number of benzene rings is 2. The zero-order valence-electron chi connectivity index (χ0n) is 15.9. The van der Waals surface area contributed by atoms with Crippen LogP contribution in [0.5, 0.6) is 0 Å². The number of aromatic nitrogens is 3. The van der Waals surface area contributed by atoms with E-state index in [0.717, 1.165) is 50.9 Å². The van der Waals surface area contributed by atoms with Crippen LogP contribution in [0, 0.1) is 5.82 Å². The van der Waals surface area contributed by atoms with E-state index in [-0.39, 0.29) is 5.82 Å². The second-order valence-corrected chi connectivity index (χ2v) is 8.68. The van der Waals surface area contributed by atoms with Gasteiger partial charge in [-0.1, -0.05) is 42.6 Å². The molecule has 7 heteroatoms. The van der Waals surface area contributed by atoms with Crippen LogP contribution in [0.15, 0.2) is 36.5 Å². The molecule has 0 saturated heterocycles. The molecule has 2 heterocycles. The molecular weight excluding hydrogens is 407 g/mol. The maximum atomic E-state index is 14.7. The Morgan fingerprint density at radius 1 is 1.28 bits per heavy atom. The highest BCUT2D eigenvalue weighted by Crippen LogP contribution is 2.44. The molecule has 2 aromatic heterocycles. The molecule has 1 aliphatic rings. The third kappa shape index (κ3) is 3.34. The van der Waals surface area contributed by atoms with Crippen molar-refractivity contribution in [3.63, 3.8) is 0 Å². The smallest absolute Gasteiger partial charge is 0.181 e. The minimum Gasteiger partial charge on any atom is -0.328 e. The fourth-order valence-electron chi connectivity index (χ4n) is 3.68. The molecule has 4 nitrogen and oxygen atoms in total. The maximum Gasteiger partial charge on any atom is 0.181 e. The molecule has 29 heavy (non-hydrogen) atoms. The Kier molecular flexibility index (Phi) is 4.84. The van der Waals surface area contributed by atoms with Crippen molar-refractivity contribution in [2.24, 2.45) is 0 Å². The highest BCUT2D eigenvalue weighted by atomic mass is 35.5. The van der Waals surface area contributed by atoms with Gasteiger partial charge in [-0.25, -0.2) is 9.37 Å². The van der Waals surface area contributed by atoms with Gasteiger partial charge in [-0.15, -0.1) is 0 Å². The van der Waals surface area contributed by atoms with Crippen molar-refractivity contribution in [2.75, 3.05) is 10.5 Å². The topological polar surface area (TPSA) is 53.6 Å². The number of fused-ring (bicyclic) bond motifs is 3. The average Bonchev–Trinajstić information content (AvgIpc) is 3.48. The summed E-state index contributed by atoms with van der Waals surface area (Å²) in [5, 5.41) is 11.0. The van der Waals surface area contributed by atoms with E-state index >= 15 is 0 Å². The van der Waals surface area contributed by atoms with E-state index in [0.29, 0.717) is 16.5 Å². The van der Waals surface area contributed by atoms with E-state index in [1.165, 1.54) is 18.9 Å². The molecule has 1 fully saturated rings. The molecule has 0 radical (unpaired) electrons. The van der Waals surface area contributed by atoms with Crippen LogP contribution < -0.4 is 4.72 Å². The zero-order valence-corrected chi connectivity index (χ0v) is 17.5. The summed E-state index contributed by atoms with van der Waals surface area (Å²) in [4.78, 5) is 4.50. The molecule has 2 aromatic carbocycles. The lowest BCUT2D eigenvalue weighted by atomic mass is 9.99. The van der Waals surface area contributed by atoms with Crippen LogP contribution in [0.3, 0.4) is 0 Å². The number of pyridine rings is 1. The van der Waals surface area contributed by atoms with Gasteiger partial charge >= 0.3 is 0 Å². The van der Waals surface area contributed by atoms with E-state index < -0.39 is 0 Å². The van der Waals surface area contributed by atoms with Gasteiger partial charge in [0.25, 0.3) is 0 Å². The van der Waals surface area contributed by atoms with Crippen molar-refractivity contribution < 1.29 is 4.39 Å². The zero-order chi connectivity index (χ0) is 20.0. The fourth-order valence-corrected chi connectivity index (χ4v) is 4.68. The summed E-state index contributed by atoms with van der Waals surface area (Å²) in [6.07, 6.45) is 5.21. The summed E-state index contributed by atoms with van der Waals surface area (Å²) in [7, 11) is 0. The Morgan fingerprint density at radius 3 is 2.93 bits per heavy atom. The highest BCUT2D eigenvalue weighted by molar-refractivity contribution is 8.00. The first kappa shape index (κ1) is 18.7. The quantitative estimate of drug-likeness (QED) is 0.259. The molecule has 0 amide bonds. The van der Waals surface area contributed by atoms with Gasteiger partial charge < -0.3 is 4.72 Å². The van der Waals surface area contributed by atoms with E-state index in [9.17, 15) is 4.39 Å². The Morgan fingerprint density at radius 2 is 2.14 bits per heavy atom. The molecule has 2 N–H and O–H groups in total. The van der Waals surface area contributed by atoms with E-state index in [4.69, 9.17) is 11.6 Å². The number of rotatable bonds is 6. The van der Waals surface area contributed by atoms with Crippen LogP contribution in [-0.2, 0) is 0 Å². The fraction of sp³-hybridized carbons (Fsp3) is 0.273. The first-order valence-corrected chi connectivity index (χ1v) is 11.2. The summed E-state index contributed by atoms with van der Waals surface area (Å²) in [5.41, 5.74) is 3.76. The van der Waals surface area contributed by atoms with Crippen LogP contribution in [0.25, 0.3) is 32.9 Å². The first-order chi connectivity index (χ1) is 14.2. The lowest BCUT2D eigenvalue weighted by Crippen LogP contribution is -1.94. The van der Waals surface area contributed by atoms with Gasteiger partial charge in [-0.3, -0.25) is 5.10 Å². The summed E-state index contributed by atoms with van der Waals surface area (Å²) in [5.74, 6) is 1.16. The number of H-pyrrole nitrogens is 1. The standard InChI is InChI=1S/C22H20ClFN4S/c1-2-9-29-28-17-8-7-16(24)18(20(17)23)13-5-6-15-14(10-13)11-25-22-19(15)21(26-27-22)12-3-4-12/h5-8,10-12,28H,2-4,9H2,1H3,(H,25,26,27). The van der Waals surface area contributed by atoms with Gasteiger partial charge in [0.05, 0.1) is 16.1 Å². The number of halogens is 2. The number of nitrogens with zero attached hydrogens (tertiary/aromatic N) is 2. The van der Waals surface area contributed by atoms with Crippen molar-refractivity contribution in [1.29, 1.82) is 0 Å². The third-order valence-corrected chi connectivity index (χ3v) is 6.64. The Labute approximate surface area is 177 Å². The van der Waals surface area contributed by atoms with Gasteiger partial charge in [-0.2, -0.15) is 5.10 Å². The van der Waals surface area contributed by atoms with Crippen molar-refractivity contribution in [3.05, 3.63) is 53.1 Å². The summed E-state index contributed by atoms with van der Waals surface area (Å²) >= 11 is 8.15. The molecule has 0 bridgehead atoms. The number of hydrogen-bond acceptors (Lipinski definition) is 4. The SMILES string of the molecule is CCCSNc1ccc(F)c(-c2ccc3c(cnc4n[nH]c(C5CC5)c43)c2)c1Cl. The number of hydrogen-bond donors (Lipinski definition) is 2. The van der Waals surface area contributed by atoms with E-state index in [1.54, 1.807) is 24.2 Å². The van der Waals surface area contributed by atoms with Crippen molar-refractivity contribution in [2.45, 2.75) is 32.1 Å². The molecule has 148 valence electrons. The van der Waals surface area contributed by atoms with Crippen molar-refractivity contribution >= 4 is 51.0 Å². The van der Waals surface area contributed by atoms with E-state index in [1.807, 2.05) is 18.2 Å². The summed E-state index contributed by atoms with van der Waals surface area (Å²) < 4.78 is 18.0. The molecule has 1 saturated carbocycles. The Bertz CT molecular complexity index is 1220. The number of aromatic amines is 1. The van der Waals surface area contributed by atoms with Gasteiger partial charge in [0.15, 0.2) is 5.65 Å². The van der Waals surface area contributed by atoms with Gasteiger partial charge in [-0.05, 0) is 48.4 Å². The van der Waals surface area contributed by atoms with Gasteiger partial charge in [0.2, 0.25) is 0 Å². The predicted octanol–water partition coefficient (Wildman–Crippen LogP) is 6.92. The molecule has 4 aromatic rings. The average molecular weight is 427 g/mol. The van der Waals surface area contributed by atoms with Crippen LogP contribution in [0.1, 0.15) is 37.8 Å². The summed E-state index contributed by atoms with van der Waals surface area (Å²) in [6.45, 7) is 2.11. The third-order valence-electron chi connectivity index (χ3n) is 5.28. The Hall–Kier alpha value is -2.31. The van der Waals surface area contributed by atoms with Gasteiger partial charge in [0, 0.05) is 34.5 Å². The number of nitrogens with one attached hydrogen (secondary N) is 2. The lowest BCUT2D eigenvalue weighted by molar-refractivity contribution is 0.631. The summed E-state index contributed by atoms with van der Waals surface area (Å²) in [6, 6.07) is 9.06. The number of anilines is 1. The van der Waals surface area contributed by atoms with Crippen LogP contribution >= 0.6 is 23.5 Å². The molecule has 0 atom stereocenters. The largest absolute Gasteiger partial charge is 0.328 e. The van der Waals surface area contributed by atoms with Crippen LogP contribution in [-0.4, -0.2) is 20.9 Å². The highest BCUT2D eigenvalue weighted by Gasteiger charge is 2.28. The Balaban J connectivity index is 1.61. The predicted molar refractivity (Wildman–Crippen MR) is 120 cm³/mol.